The Morgan fingerprint density at radius 3 is 2.25 bits per heavy atom. The van der Waals surface area contributed by atoms with E-state index in [2.05, 4.69) is 60.9 Å². The molecule has 1 aliphatic rings. The van der Waals surface area contributed by atoms with E-state index >= 15 is 0 Å². The van der Waals surface area contributed by atoms with E-state index in [0.29, 0.717) is 16.6 Å². The van der Waals surface area contributed by atoms with Crippen molar-refractivity contribution >= 4 is 57.1 Å². The molecule has 0 unspecified atom stereocenters. The number of aromatic nitrogens is 1. The van der Waals surface area contributed by atoms with Crippen LogP contribution in [0.4, 0.5) is 5.69 Å². The number of amidine groups is 1. The second-order valence-electron chi connectivity index (χ2n) is 9.83. The minimum absolute atomic E-state index is 0.0371. The highest BCUT2D eigenvalue weighted by atomic mass is 35.5. The maximum absolute atomic E-state index is 14.0. The van der Waals surface area contributed by atoms with Gasteiger partial charge in [0, 0.05) is 33.7 Å². The maximum Gasteiger partial charge on any atom is 0.267 e. The van der Waals surface area contributed by atoms with Gasteiger partial charge in [0.05, 0.1) is 16.6 Å². The molecule has 4 nitrogen and oxygen atoms in total. The van der Waals surface area contributed by atoms with Crippen molar-refractivity contribution in [2.75, 3.05) is 0 Å². The first-order chi connectivity index (χ1) is 19.5. The van der Waals surface area contributed by atoms with Gasteiger partial charge in [-0.05, 0) is 73.1 Å². The van der Waals surface area contributed by atoms with E-state index in [1.54, 1.807) is 0 Å². The van der Waals surface area contributed by atoms with Crippen molar-refractivity contribution in [3.05, 3.63) is 142 Å². The molecule has 1 saturated heterocycles. The lowest BCUT2D eigenvalue weighted by Gasteiger charge is -2.24. The minimum atomic E-state index is -0.165. The summed E-state index contributed by atoms with van der Waals surface area (Å²) in [7, 11) is 0. The quantitative estimate of drug-likeness (QED) is 0.194. The van der Waals surface area contributed by atoms with Gasteiger partial charge in [-0.2, -0.15) is 0 Å². The number of fused-ring (bicyclic) bond motifs is 1. The summed E-state index contributed by atoms with van der Waals surface area (Å²) >= 11 is 7.56. The van der Waals surface area contributed by atoms with Crippen LogP contribution >= 0.6 is 23.4 Å². The number of thioether (sulfide) groups is 1. The topological polar surface area (TPSA) is 37.6 Å². The Labute approximate surface area is 243 Å². The third kappa shape index (κ3) is 5.10. The molecule has 0 N–H and O–H groups in total. The third-order valence-corrected chi connectivity index (χ3v) is 8.53. The number of halogens is 1. The molecule has 0 aliphatic carbocycles. The number of hydrogen-bond donors (Lipinski definition) is 0. The highest BCUT2D eigenvalue weighted by Crippen LogP contribution is 2.40. The van der Waals surface area contributed by atoms with Crippen LogP contribution < -0.4 is 0 Å². The fourth-order valence-corrected chi connectivity index (χ4v) is 6.32. The molecule has 0 radical (unpaired) electrons. The van der Waals surface area contributed by atoms with Crippen LogP contribution in [0.2, 0.25) is 5.02 Å². The van der Waals surface area contributed by atoms with Gasteiger partial charge in [-0.3, -0.25) is 9.69 Å². The van der Waals surface area contributed by atoms with Gasteiger partial charge in [-0.15, -0.1) is 0 Å². The molecule has 1 aliphatic heterocycles. The van der Waals surface area contributed by atoms with Crippen molar-refractivity contribution in [3.63, 3.8) is 0 Å². The molecule has 6 heteroatoms. The van der Waals surface area contributed by atoms with E-state index in [4.69, 9.17) is 16.6 Å². The predicted octanol–water partition coefficient (Wildman–Crippen LogP) is 9.02. The van der Waals surface area contributed by atoms with Gasteiger partial charge in [0.25, 0.3) is 5.91 Å². The van der Waals surface area contributed by atoms with Crippen molar-refractivity contribution in [1.82, 2.24) is 9.47 Å². The molecular weight excluding hydrogens is 534 g/mol. The Morgan fingerprint density at radius 2 is 1.52 bits per heavy atom. The van der Waals surface area contributed by atoms with Crippen LogP contribution in [0.25, 0.3) is 17.0 Å². The Bertz CT molecular complexity index is 1740. The SMILES string of the molecule is Cc1c(/C=C2/SC(=Nc3ccccc3)N([C@H](C)c3ccccc3)C2=O)c2ccccc2n1Cc1ccc(Cl)cc1. The zero-order valence-electron chi connectivity index (χ0n) is 22.3. The first-order valence-corrected chi connectivity index (χ1v) is 14.4. The summed E-state index contributed by atoms with van der Waals surface area (Å²) in [6, 6.07) is 36.1. The monoisotopic (exact) mass is 561 g/mol. The summed E-state index contributed by atoms with van der Waals surface area (Å²) in [4.78, 5) is 21.4. The van der Waals surface area contributed by atoms with Crippen LogP contribution in [0, 0.1) is 6.92 Å². The Morgan fingerprint density at radius 1 is 0.875 bits per heavy atom. The molecule has 4 aromatic carbocycles. The van der Waals surface area contributed by atoms with E-state index in [1.807, 2.05) is 77.7 Å². The number of amides is 1. The predicted molar refractivity (Wildman–Crippen MR) is 168 cm³/mol. The zero-order chi connectivity index (χ0) is 27.6. The van der Waals surface area contributed by atoms with Crippen LogP contribution in [0.15, 0.2) is 119 Å². The van der Waals surface area contributed by atoms with Gasteiger partial charge in [-0.25, -0.2) is 4.99 Å². The lowest BCUT2D eigenvalue weighted by Crippen LogP contribution is -2.32. The van der Waals surface area contributed by atoms with Gasteiger partial charge < -0.3 is 4.57 Å². The summed E-state index contributed by atoms with van der Waals surface area (Å²) in [5.41, 5.74) is 6.33. The summed E-state index contributed by atoms with van der Waals surface area (Å²) in [5, 5.41) is 2.52. The van der Waals surface area contributed by atoms with Gasteiger partial charge in [0.1, 0.15) is 0 Å². The van der Waals surface area contributed by atoms with Gasteiger partial charge in [0.2, 0.25) is 0 Å². The standard InChI is InChI=1S/C34H28ClN3OS/c1-23(26-11-5-3-6-12-26)38-33(39)32(40-34(38)36-28-13-7-4-8-14-28)21-30-24(2)37(31-16-10-9-15-29(30)31)22-25-17-19-27(35)20-18-25/h3-21,23H,22H2,1-2H3/b32-21+,36-34?/t23-/m1/s1. The Kier molecular flexibility index (Phi) is 7.33. The normalized spacial score (nSPS) is 16.4. The molecular formula is C34H28ClN3OS. The number of aliphatic imine (C=N–C) groups is 1. The van der Waals surface area contributed by atoms with Crippen molar-refractivity contribution in [2.45, 2.75) is 26.4 Å². The fourth-order valence-electron chi connectivity index (χ4n) is 5.15. The lowest BCUT2D eigenvalue weighted by molar-refractivity contribution is -0.123. The van der Waals surface area contributed by atoms with E-state index in [0.717, 1.165) is 38.4 Å². The molecule has 198 valence electrons. The molecule has 0 bridgehead atoms. The second-order valence-corrected chi connectivity index (χ2v) is 11.3. The van der Waals surface area contributed by atoms with Crippen molar-refractivity contribution in [2.24, 2.45) is 4.99 Å². The highest BCUT2D eigenvalue weighted by molar-refractivity contribution is 8.18. The van der Waals surface area contributed by atoms with Crippen molar-refractivity contribution in [3.8, 4) is 0 Å². The average molecular weight is 562 g/mol. The first-order valence-electron chi connectivity index (χ1n) is 13.2. The van der Waals surface area contributed by atoms with Crippen LogP contribution in [0.3, 0.4) is 0 Å². The largest absolute Gasteiger partial charge is 0.340 e. The molecule has 5 aromatic rings. The second kappa shape index (κ2) is 11.2. The van der Waals surface area contributed by atoms with Crippen molar-refractivity contribution in [1.29, 1.82) is 0 Å². The van der Waals surface area contributed by atoms with Crippen LogP contribution in [0.1, 0.15) is 35.3 Å². The molecule has 1 atom stereocenters. The van der Waals surface area contributed by atoms with Gasteiger partial charge >= 0.3 is 0 Å². The number of carbonyl (C=O) groups is 1. The number of para-hydroxylation sites is 2. The van der Waals surface area contributed by atoms with Gasteiger partial charge in [0.15, 0.2) is 5.17 Å². The molecule has 40 heavy (non-hydrogen) atoms. The third-order valence-electron chi connectivity index (χ3n) is 7.30. The number of hydrogen-bond acceptors (Lipinski definition) is 3. The maximum atomic E-state index is 14.0. The smallest absolute Gasteiger partial charge is 0.267 e. The number of nitrogens with zero attached hydrogens (tertiary/aromatic N) is 3. The van der Waals surface area contributed by atoms with E-state index in [9.17, 15) is 4.79 Å². The molecule has 0 saturated carbocycles. The van der Waals surface area contributed by atoms with Crippen LogP contribution in [0.5, 0.6) is 0 Å². The summed E-state index contributed by atoms with van der Waals surface area (Å²) < 4.78 is 2.30. The molecule has 6 rings (SSSR count). The van der Waals surface area contributed by atoms with Crippen molar-refractivity contribution < 1.29 is 4.79 Å². The Hall–Kier alpha value is -4.06. The van der Waals surface area contributed by atoms with E-state index in [-0.39, 0.29) is 11.9 Å². The first kappa shape index (κ1) is 26.2. The fraction of sp³-hybridized carbons (Fsp3) is 0.118. The minimum Gasteiger partial charge on any atom is -0.340 e. The highest BCUT2D eigenvalue weighted by Gasteiger charge is 2.37. The molecule has 2 heterocycles. The number of rotatable bonds is 6. The van der Waals surface area contributed by atoms with E-state index in [1.165, 1.54) is 17.3 Å². The summed E-state index contributed by atoms with van der Waals surface area (Å²) in [6.07, 6.45) is 2.04. The number of benzene rings is 4. The summed E-state index contributed by atoms with van der Waals surface area (Å²) in [5.74, 6) is -0.0371. The van der Waals surface area contributed by atoms with Crippen LogP contribution in [-0.4, -0.2) is 20.5 Å². The number of carbonyl (C=O) groups excluding carboxylic acids is 1. The molecule has 0 spiro atoms. The van der Waals surface area contributed by atoms with Gasteiger partial charge in [-0.1, -0.05) is 90.5 Å². The molecule has 1 amide bonds. The summed E-state index contributed by atoms with van der Waals surface area (Å²) in [6.45, 7) is 4.89. The van der Waals surface area contributed by atoms with Crippen LogP contribution in [-0.2, 0) is 11.3 Å². The Balaban J connectivity index is 1.44. The molecule has 1 aromatic heterocycles. The average Bonchev–Trinajstić information content (AvgIpc) is 3.43. The molecule has 1 fully saturated rings. The van der Waals surface area contributed by atoms with E-state index < -0.39 is 0 Å². The lowest BCUT2D eigenvalue weighted by atomic mass is 10.1. The zero-order valence-corrected chi connectivity index (χ0v) is 23.9.